The van der Waals surface area contributed by atoms with Crippen LogP contribution in [0, 0.1) is 0 Å². The number of amides is 1. The molecule has 1 aromatic heterocycles. The summed E-state index contributed by atoms with van der Waals surface area (Å²) in [7, 11) is 1.75. The third-order valence-electron chi connectivity index (χ3n) is 3.37. The summed E-state index contributed by atoms with van der Waals surface area (Å²) in [6.07, 6.45) is 4.34. The zero-order valence-electron chi connectivity index (χ0n) is 11.9. The minimum atomic E-state index is -0.382. The molecule has 0 bridgehead atoms. The van der Waals surface area contributed by atoms with Crippen molar-refractivity contribution in [2.45, 2.75) is 32.2 Å². The fourth-order valence-electron chi connectivity index (χ4n) is 2.41. The van der Waals surface area contributed by atoms with Crippen LogP contribution in [0.15, 0.2) is 12.3 Å². The number of anilines is 1. The lowest BCUT2D eigenvalue weighted by Crippen LogP contribution is -2.27. The van der Waals surface area contributed by atoms with Gasteiger partial charge in [0.15, 0.2) is 0 Å². The van der Waals surface area contributed by atoms with Crippen LogP contribution in [0.5, 0.6) is 0 Å². The predicted octanol–water partition coefficient (Wildman–Crippen LogP) is 1.28. The van der Waals surface area contributed by atoms with Gasteiger partial charge >= 0.3 is 5.97 Å². The topological polar surface area (TPSA) is 72.4 Å². The number of nitrogens with one attached hydrogen (secondary N) is 2. The standard InChI is InChI=1S/C14H21N3O3/c1-3-20-14(19)12-7-11(9-17(12)2)16-13(18)8-10-5-4-6-15-10/h7,9-10,15H,3-6,8H2,1-2H3,(H,16,18). The van der Waals surface area contributed by atoms with Gasteiger partial charge in [0.25, 0.3) is 0 Å². The summed E-state index contributed by atoms with van der Waals surface area (Å²) in [5.74, 6) is -0.418. The van der Waals surface area contributed by atoms with Gasteiger partial charge in [-0.25, -0.2) is 4.79 Å². The molecule has 1 aromatic rings. The van der Waals surface area contributed by atoms with Gasteiger partial charge in [-0.15, -0.1) is 0 Å². The molecule has 1 aliphatic heterocycles. The molecule has 1 saturated heterocycles. The summed E-state index contributed by atoms with van der Waals surface area (Å²) in [6.45, 7) is 3.08. The summed E-state index contributed by atoms with van der Waals surface area (Å²) in [4.78, 5) is 23.6. The summed E-state index contributed by atoms with van der Waals surface area (Å²) in [6, 6.07) is 1.90. The molecular formula is C14H21N3O3. The molecule has 0 radical (unpaired) electrons. The van der Waals surface area contributed by atoms with Crippen molar-refractivity contribution in [1.82, 2.24) is 9.88 Å². The smallest absolute Gasteiger partial charge is 0.355 e. The number of rotatable bonds is 5. The normalized spacial score (nSPS) is 18.0. The van der Waals surface area contributed by atoms with Crippen molar-refractivity contribution in [2.24, 2.45) is 7.05 Å². The molecule has 1 fully saturated rings. The SMILES string of the molecule is CCOC(=O)c1cc(NC(=O)CC2CCCN2)cn1C. The molecule has 2 heterocycles. The van der Waals surface area contributed by atoms with Crippen LogP contribution in [-0.2, 0) is 16.6 Å². The molecule has 2 N–H and O–H groups in total. The van der Waals surface area contributed by atoms with Crippen molar-refractivity contribution in [1.29, 1.82) is 0 Å². The van der Waals surface area contributed by atoms with Gasteiger partial charge < -0.3 is 19.9 Å². The van der Waals surface area contributed by atoms with E-state index in [9.17, 15) is 9.59 Å². The molecule has 1 unspecified atom stereocenters. The number of esters is 1. The number of aromatic nitrogens is 1. The number of carbonyl (C=O) groups is 2. The van der Waals surface area contributed by atoms with Gasteiger partial charge in [-0.05, 0) is 32.4 Å². The summed E-state index contributed by atoms with van der Waals surface area (Å²) >= 11 is 0. The van der Waals surface area contributed by atoms with Crippen molar-refractivity contribution in [3.8, 4) is 0 Å². The van der Waals surface area contributed by atoms with Gasteiger partial charge in [-0.2, -0.15) is 0 Å². The molecule has 0 aromatic carbocycles. The van der Waals surface area contributed by atoms with Crippen LogP contribution in [-0.4, -0.2) is 35.6 Å². The van der Waals surface area contributed by atoms with Crippen molar-refractivity contribution in [2.75, 3.05) is 18.5 Å². The number of nitrogens with zero attached hydrogens (tertiary/aromatic N) is 1. The van der Waals surface area contributed by atoms with E-state index in [1.54, 1.807) is 30.8 Å². The first-order valence-corrected chi connectivity index (χ1v) is 6.97. The highest BCUT2D eigenvalue weighted by atomic mass is 16.5. The number of hydrogen-bond acceptors (Lipinski definition) is 4. The Bertz CT molecular complexity index is 490. The number of carbonyl (C=O) groups excluding carboxylic acids is 2. The predicted molar refractivity (Wildman–Crippen MR) is 75.6 cm³/mol. The third-order valence-corrected chi connectivity index (χ3v) is 3.37. The maximum Gasteiger partial charge on any atom is 0.355 e. The monoisotopic (exact) mass is 279 g/mol. The van der Waals surface area contributed by atoms with E-state index < -0.39 is 0 Å². The van der Waals surface area contributed by atoms with Crippen LogP contribution in [0.1, 0.15) is 36.7 Å². The molecule has 0 saturated carbocycles. The number of aryl methyl sites for hydroxylation is 1. The molecule has 6 heteroatoms. The van der Waals surface area contributed by atoms with Crippen LogP contribution in [0.3, 0.4) is 0 Å². The average Bonchev–Trinajstić information content (AvgIpc) is 2.99. The molecule has 0 aliphatic carbocycles. The van der Waals surface area contributed by atoms with Gasteiger partial charge in [-0.1, -0.05) is 0 Å². The maximum absolute atomic E-state index is 11.9. The summed E-state index contributed by atoms with van der Waals surface area (Å²) in [5.41, 5.74) is 1.06. The van der Waals surface area contributed by atoms with E-state index in [4.69, 9.17) is 4.74 Å². The third kappa shape index (κ3) is 3.60. The van der Waals surface area contributed by atoms with Gasteiger partial charge in [0.05, 0.1) is 12.3 Å². The lowest BCUT2D eigenvalue weighted by atomic mass is 10.1. The molecule has 6 nitrogen and oxygen atoms in total. The first-order chi connectivity index (χ1) is 9.60. The van der Waals surface area contributed by atoms with Crippen LogP contribution < -0.4 is 10.6 Å². The Morgan fingerprint density at radius 1 is 1.55 bits per heavy atom. The zero-order chi connectivity index (χ0) is 14.5. The molecule has 110 valence electrons. The second kappa shape index (κ2) is 6.56. The second-order valence-corrected chi connectivity index (χ2v) is 4.99. The van der Waals surface area contributed by atoms with E-state index in [1.165, 1.54) is 0 Å². The Balaban J connectivity index is 1.94. The van der Waals surface area contributed by atoms with Gasteiger partial charge in [0.1, 0.15) is 5.69 Å². The molecule has 1 atom stereocenters. The first kappa shape index (κ1) is 14.6. The van der Waals surface area contributed by atoms with Gasteiger partial charge in [0, 0.05) is 25.7 Å². The van der Waals surface area contributed by atoms with E-state index in [0.717, 1.165) is 19.4 Å². The summed E-state index contributed by atoms with van der Waals surface area (Å²) in [5, 5.41) is 6.10. The zero-order valence-corrected chi connectivity index (χ0v) is 11.9. The highest BCUT2D eigenvalue weighted by Crippen LogP contribution is 2.15. The van der Waals surface area contributed by atoms with E-state index in [1.807, 2.05) is 0 Å². The van der Waals surface area contributed by atoms with E-state index in [-0.39, 0.29) is 17.9 Å². The highest BCUT2D eigenvalue weighted by Gasteiger charge is 2.19. The highest BCUT2D eigenvalue weighted by molar-refractivity contribution is 5.94. The fourth-order valence-corrected chi connectivity index (χ4v) is 2.41. The second-order valence-electron chi connectivity index (χ2n) is 4.99. The lowest BCUT2D eigenvalue weighted by Gasteiger charge is -2.09. The van der Waals surface area contributed by atoms with Crippen LogP contribution >= 0.6 is 0 Å². The van der Waals surface area contributed by atoms with Crippen molar-refractivity contribution >= 4 is 17.6 Å². The molecular weight excluding hydrogens is 258 g/mol. The van der Waals surface area contributed by atoms with E-state index in [0.29, 0.717) is 24.4 Å². The molecule has 0 spiro atoms. The van der Waals surface area contributed by atoms with Crippen LogP contribution in [0.2, 0.25) is 0 Å². The quantitative estimate of drug-likeness (QED) is 0.796. The Hall–Kier alpha value is -1.82. The Morgan fingerprint density at radius 3 is 3.00 bits per heavy atom. The van der Waals surface area contributed by atoms with Crippen molar-refractivity contribution < 1.29 is 14.3 Å². The maximum atomic E-state index is 11.9. The minimum absolute atomic E-state index is 0.0367. The van der Waals surface area contributed by atoms with Crippen molar-refractivity contribution in [3.05, 3.63) is 18.0 Å². The average molecular weight is 279 g/mol. The van der Waals surface area contributed by atoms with Crippen LogP contribution in [0.25, 0.3) is 0 Å². The molecule has 20 heavy (non-hydrogen) atoms. The van der Waals surface area contributed by atoms with Gasteiger partial charge in [0.2, 0.25) is 5.91 Å². The van der Waals surface area contributed by atoms with Gasteiger partial charge in [-0.3, -0.25) is 4.79 Å². The fraction of sp³-hybridized carbons (Fsp3) is 0.571. The Labute approximate surface area is 118 Å². The largest absolute Gasteiger partial charge is 0.461 e. The number of ether oxygens (including phenoxy) is 1. The number of hydrogen-bond donors (Lipinski definition) is 2. The molecule has 2 rings (SSSR count). The van der Waals surface area contributed by atoms with Crippen LogP contribution in [0.4, 0.5) is 5.69 Å². The Morgan fingerprint density at radius 2 is 2.35 bits per heavy atom. The summed E-state index contributed by atoms with van der Waals surface area (Å²) < 4.78 is 6.61. The van der Waals surface area contributed by atoms with E-state index in [2.05, 4.69) is 10.6 Å². The molecule has 1 amide bonds. The van der Waals surface area contributed by atoms with Crippen molar-refractivity contribution in [3.63, 3.8) is 0 Å². The van der Waals surface area contributed by atoms with E-state index >= 15 is 0 Å². The molecule has 1 aliphatic rings. The Kier molecular flexibility index (Phi) is 4.79. The lowest BCUT2D eigenvalue weighted by molar-refractivity contribution is -0.116. The first-order valence-electron chi connectivity index (χ1n) is 6.97. The minimum Gasteiger partial charge on any atom is -0.461 e.